The molecule has 0 fully saturated rings. The molecular weight excluding hydrogens is 518 g/mol. The fourth-order valence-corrected chi connectivity index (χ4v) is 4.76. The number of hydrogen-bond donors (Lipinski definition) is 1. The molecule has 0 radical (unpaired) electrons. The molecule has 0 bridgehead atoms. The number of benzene rings is 4. The van der Waals surface area contributed by atoms with E-state index in [0.717, 1.165) is 10.5 Å². The average molecular weight is 552 g/mol. The fraction of sp³-hybridized carbons (Fsp3) is 0.206. The number of aliphatic carboxylic acids is 1. The number of amides is 2. The zero-order valence-electron chi connectivity index (χ0n) is 23.2. The Labute approximate surface area is 240 Å². The maximum Gasteiger partial charge on any atom is 0.330 e. The largest absolute Gasteiger partial charge is 0.493 e. The molecule has 1 atom stereocenters. The lowest BCUT2D eigenvalue weighted by Crippen LogP contribution is -2.59. The molecule has 0 saturated carbocycles. The van der Waals surface area contributed by atoms with Crippen LogP contribution in [0.5, 0.6) is 11.5 Å². The van der Waals surface area contributed by atoms with E-state index in [1.807, 2.05) is 42.5 Å². The Bertz CT molecular complexity index is 1420. The highest BCUT2D eigenvalue weighted by atomic mass is 16.5. The van der Waals surface area contributed by atoms with Gasteiger partial charge in [0, 0.05) is 12.0 Å². The predicted molar refractivity (Wildman–Crippen MR) is 156 cm³/mol. The Hall–Kier alpha value is -4.91. The van der Waals surface area contributed by atoms with Crippen molar-refractivity contribution in [3.63, 3.8) is 0 Å². The second-order valence-corrected chi connectivity index (χ2v) is 9.93. The second kappa shape index (κ2) is 13.4. The first kappa shape index (κ1) is 29.1. The van der Waals surface area contributed by atoms with Gasteiger partial charge in [-0.2, -0.15) is 0 Å². The van der Waals surface area contributed by atoms with E-state index in [2.05, 4.69) is 0 Å². The summed E-state index contributed by atoms with van der Waals surface area (Å²) in [6, 6.07) is 32.6. The standard InChI is InChI=1S/C34H33NO6/c1-34(33(38)39,23-28-19-12-20-29(40-2)32(28)41-24-27-17-10-5-11-18-27)35(30(36)21-25-13-6-3-7-14-25)31(37)22-26-15-8-4-9-16-26/h3-20H,21-24H2,1-2H3,(H,38,39). The highest BCUT2D eigenvalue weighted by Crippen LogP contribution is 2.36. The van der Waals surface area contributed by atoms with Crippen LogP contribution in [0.1, 0.15) is 29.2 Å². The molecule has 4 rings (SSSR count). The summed E-state index contributed by atoms with van der Waals surface area (Å²) in [6.45, 7) is 1.63. The Morgan fingerprint density at radius 3 is 1.66 bits per heavy atom. The van der Waals surface area contributed by atoms with Crippen LogP contribution in [0.3, 0.4) is 0 Å². The predicted octanol–water partition coefficient (Wildman–Crippen LogP) is 5.50. The minimum absolute atomic E-state index is 0.125. The fourth-order valence-electron chi connectivity index (χ4n) is 4.76. The number of ether oxygens (including phenoxy) is 2. The van der Waals surface area contributed by atoms with Crippen molar-refractivity contribution in [2.24, 2.45) is 0 Å². The quantitative estimate of drug-likeness (QED) is 0.250. The number of rotatable bonds is 12. The Morgan fingerprint density at radius 1 is 0.707 bits per heavy atom. The lowest BCUT2D eigenvalue weighted by Gasteiger charge is -2.37. The summed E-state index contributed by atoms with van der Waals surface area (Å²) in [7, 11) is 1.50. The lowest BCUT2D eigenvalue weighted by molar-refractivity contribution is -0.165. The molecule has 4 aromatic rings. The van der Waals surface area contributed by atoms with E-state index in [0.29, 0.717) is 28.2 Å². The van der Waals surface area contributed by atoms with Crippen molar-refractivity contribution < 1.29 is 29.0 Å². The molecule has 41 heavy (non-hydrogen) atoms. The molecule has 0 aliphatic heterocycles. The molecule has 0 spiro atoms. The summed E-state index contributed by atoms with van der Waals surface area (Å²) in [5.74, 6) is -1.73. The van der Waals surface area contributed by atoms with Crippen LogP contribution >= 0.6 is 0 Å². The van der Waals surface area contributed by atoms with Crippen molar-refractivity contribution in [1.82, 2.24) is 4.90 Å². The third kappa shape index (κ3) is 7.19. The topological polar surface area (TPSA) is 93.1 Å². The van der Waals surface area contributed by atoms with Crippen molar-refractivity contribution >= 4 is 17.8 Å². The number of nitrogens with zero attached hydrogens (tertiary/aromatic N) is 1. The Balaban J connectivity index is 1.72. The summed E-state index contributed by atoms with van der Waals surface area (Å²) in [4.78, 5) is 41.5. The molecular formula is C34H33NO6. The number of methoxy groups -OCH3 is 1. The van der Waals surface area contributed by atoms with Gasteiger partial charge in [0.25, 0.3) is 0 Å². The zero-order chi connectivity index (χ0) is 29.2. The third-order valence-electron chi connectivity index (χ3n) is 6.89. The first-order valence-corrected chi connectivity index (χ1v) is 13.3. The van der Waals surface area contributed by atoms with E-state index in [1.165, 1.54) is 14.0 Å². The van der Waals surface area contributed by atoms with Gasteiger partial charge in [0.2, 0.25) is 11.8 Å². The summed E-state index contributed by atoms with van der Waals surface area (Å²) in [5.41, 5.74) is 0.847. The molecule has 210 valence electrons. The van der Waals surface area contributed by atoms with E-state index < -0.39 is 23.3 Å². The lowest BCUT2D eigenvalue weighted by atomic mass is 9.88. The number of imide groups is 1. The maximum absolute atomic E-state index is 13.8. The number of carbonyl (C=O) groups is 3. The highest BCUT2D eigenvalue weighted by Gasteiger charge is 2.46. The molecule has 0 aliphatic rings. The van der Waals surface area contributed by atoms with Gasteiger partial charge in [0.15, 0.2) is 11.5 Å². The molecule has 0 aromatic heterocycles. The van der Waals surface area contributed by atoms with E-state index >= 15 is 0 Å². The van der Waals surface area contributed by atoms with Gasteiger partial charge in [0.05, 0.1) is 20.0 Å². The first-order chi connectivity index (χ1) is 19.8. The molecule has 7 nitrogen and oxygen atoms in total. The van der Waals surface area contributed by atoms with Crippen LogP contribution in [0.15, 0.2) is 109 Å². The third-order valence-corrected chi connectivity index (χ3v) is 6.89. The van der Waals surface area contributed by atoms with Gasteiger partial charge in [0.1, 0.15) is 12.1 Å². The summed E-state index contributed by atoms with van der Waals surface area (Å²) in [5, 5.41) is 10.6. The molecule has 1 N–H and O–H groups in total. The zero-order valence-corrected chi connectivity index (χ0v) is 23.2. The van der Waals surface area contributed by atoms with Crippen molar-refractivity contribution in [1.29, 1.82) is 0 Å². The van der Waals surface area contributed by atoms with Gasteiger partial charge in [-0.15, -0.1) is 0 Å². The molecule has 0 saturated heterocycles. The minimum atomic E-state index is -1.92. The highest BCUT2D eigenvalue weighted by molar-refractivity contribution is 6.02. The smallest absolute Gasteiger partial charge is 0.330 e. The van der Waals surface area contributed by atoms with Crippen molar-refractivity contribution in [3.05, 3.63) is 131 Å². The monoisotopic (exact) mass is 551 g/mol. The van der Waals surface area contributed by atoms with Crippen LogP contribution < -0.4 is 9.47 Å². The second-order valence-electron chi connectivity index (χ2n) is 9.93. The van der Waals surface area contributed by atoms with Crippen LogP contribution in [0.2, 0.25) is 0 Å². The van der Waals surface area contributed by atoms with Gasteiger partial charge in [-0.25, -0.2) is 4.79 Å². The number of carboxylic acids is 1. The van der Waals surface area contributed by atoms with E-state index in [4.69, 9.17) is 9.47 Å². The normalized spacial score (nSPS) is 12.1. The number of para-hydroxylation sites is 1. The minimum Gasteiger partial charge on any atom is -0.493 e. The van der Waals surface area contributed by atoms with Crippen molar-refractivity contribution in [3.8, 4) is 11.5 Å². The van der Waals surface area contributed by atoms with Crippen LogP contribution in [-0.4, -0.2) is 40.4 Å². The number of carboxylic acid groups (broad SMARTS) is 1. The molecule has 2 amide bonds. The SMILES string of the molecule is COc1cccc(CC(C)(C(=O)O)N(C(=O)Cc2ccccc2)C(=O)Cc2ccccc2)c1OCc1ccccc1. The maximum atomic E-state index is 13.8. The summed E-state index contributed by atoms with van der Waals surface area (Å²) < 4.78 is 11.7. The first-order valence-electron chi connectivity index (χ1n) is 13.3. The van der Waals surface area contributed by atoms with Crippen molar-refractivity contribution in [2.75, 3.05) is 7.11 Å². The molecule has 0 aliphatic carbocycles. The van der Waals surface area contributed by atoms with Crippen LogP contribution in [0.25, 0.3) is 0 Å². The van der Waals surface area contributed by atoms with Crippen LogP contribution in [0.4, 0.5) is 0 Å². The summed E-state index contributed by atoms with van der Waals surface area (Å²) >= 11 is 0. The Kier molecular flexibility index (Phi) is 9.53. The van der Waals surface area contributed by atoms with Crippen LogP contribution in [0, 0.1) is 0 Å². The number of carbonyl (C=O) groups excluding carboxylic acids is 2. The number of hydrogen-bond acceptors (Lipinski definition) is 5. The molecule has 1 unspecified atom stereocenters. The average Bonchev–Trinajstić information content (AvgIpc) is 2.98. The Morgan fingerprint density at radius 2 is 1.20 bits per heavy atom. The van der Waals surface area contributed by atoms with Crippen molar-refractivity contribution in [2.45, 2.75) is 38.3 Å². The van der Waals surface area contributed by atoms with E-state index in [-0.39, 0.29) is 25.9 Å². The van der Waals surface area contributed by atoms with E-state index in [9.17, 15) is 19.5 Å². The van der Waals surface area contributed by atoms with Crippen LogP contribution in [-0.2, 0) is 40.3 Å². The van der Waals surface area contributed by atoms with Gasteiger partial charge in [-0.05, 0) is 29.7 Å². The summed E-state index contributed by atoms with van der Waals surface area (Å²) in [6.07, 6.45) is -0.440. The van der Waals surface area contributed by atoms with Gasteiger partial charge < -0.3 is 14.6 Å². The molecule has 4 aromatic carbocycles. The van der Waals surface area contributed by atoms with E-state index in [1.54, 1.807) is 66.7 Å². The van der Waals surface area contributed by atoms with Gasteiger partial charge in [-0.1, -0.05) is 103 Å². The molecule has 7 heteroatoms. The van der Waals surface area contributed by atoms with Gasteiger partial charge >= 0.3 is 5.97 Å². The molecule has 0 heterocycles. The van der Waals surface area contributed by atoms with Gasteiger partial charge in [-0.3, -0.25) is 14.5 Å².